The fourth-order valence-electron chi connectivity index (χ4n) is 3.33. The van der Waals surface area contributed by atoms with Gasteiger partial charge in [-0.15, -0.1) is 0 Å². The molecule has 0 atom stereocenters. The van der Waals surface area contributed by atoms with Crippen LogP contribution in [0.2, 0.25) is 0 Å². The number of hydrogen-bond donors (Lipinski definition) is 3. The van der Waals surface area contributed by atoms with Gasteiger partial charge in [0.05, 0.1) is 11.3 Å². The van der Waals surface area contributed by atoms with Gasteiger partial charge in [-0.25, -0.2) is 4.79 Å². The van der Waals surface area contributed by atoms with Crippen LogP contribution in [0, 0.1) is 6.92 Å². The van der Waals surface area contributed by atoms with Gasteiger partial charge in [0.15, 0.2) is 6.61 Å². The van der Waals surface area contributed by atoms with Crippen LogP contribution in [0.4, 0.5) is 5.69 Å². The lowest BCUT2D eigenvalue weighted by Crippen LogP contribution is -2.33. The molecule has 0 aliphatic heterocycles. The van der Waals surface area contributed by atoms with Gasteiger partial charge in [0.25, 0.3) is 11.8 Å². The van der Waals surface area contributed by atoms with Gasteiger partial charge in [-0.1, -0.05) is 36.6 Å². The number of rotatable bonds is 6. The number of nitrogens with one attached hydrogen (secondary N) is 2. The zero-order valence-electron chi connectivity index (χ0n) is 16.2. The van der Waals surface area contributed by atoms with E-state index >= 15 is 0 Å². The number of phenols is 1. The summed E-state index contributed by atoms with van der Waals surface area (Å²) in [6, 6.07) is 11.4. The van der Waals surface area contributed by atoms with Crippen molar-refractivity contribution in [2.75, 3.05) is 11.9 Å². The maximum Gasteiger partial charge on any atom is 0.342 e. The van der Waals surface area contributed by atoms with Gasteiger partial charge in [0.1, 0.15) is 11.3 Å². The highest BCUT2D eigenvalue weighted by atomic mass is 16.5. The Morgan fingerprint density at radius 3 is 2.55 bits per heavy atom. The Balaban J connectivity index is 1.60. The SMILES string of the molecule is Cc1ccc(O)c(C(=O)OCC(=O)Nc2ccccc2C(=O)NC2CCCC2)c1. The molecule has 0 heterocycles. The van der Waals surface area contributed by atoms with Crippen LogP contribution in [0.15, 0.2) is 42.5 Å². The molecule has 7 nitrogen and oxygen atoms in total. The van der Waals surface area contributed by atoms with E-state index in [0.29, 0.717) is 11.3 Å². The average Bonchev–Trinajstić information content (AvgIpc) is 3.21. The van der Waals surface area contributed by atoms with E-state index in [9.17, 15) is 19.5 Å². The van der Waals surface area contributed by atoms with E-state index in [-0.39, 0.29) is 23.3 Å². The zero-order chi connectivity index (χ0) is 20.8. The molecule has 1 fully saturated rings. The van der Waals surface area contributed by atoms with Crippen molar-refractivity contribution in [1.82, 2.24) is 5.32 Å². The van der Waals surface area contributed by atoms with Crippen molar-refractivity contribution >= 4 is 23.5 Å². The summed E-state index contributed by atoms with van der Waals surface area (Å²) in [6.07, 6.45) is 4.13. The van der Waals surface area contributed by atoms with E-state index in [1.54, 1.807) is 37.3 Å². The molecule has 2 amide bonds. The van der Waals surface area contributed by atoms with E-state index in [1.165, 1.54) is 12.1 Å². The van der Waals surface area contributed by atoms with E-state index in [2.05, 4.69) is 10.6 Å². The third-order valence-corrected chi connectivity index (χ3v) is 4.84. The van der Waals surface area contributed by atoms with Crippen molar-refractivity contribution in [3.8, 4) is 5.75 Å². The van der Waals surface area contributed by atoms with Crippen molar-refractivity contribution in [2.45, 2.75) is 38.6 Å². The molecule has 2 aromatic rings. The summed E-state index contributed by atoms with van der Waals surface area (Å²) in [5, 5.41) is 15.4. The number of carbonyl (C=O) groups is 3. The summed E-state index contributed by atoms with van der Waals surface area (Å²) in [4.78, 5) is 36.9. The molecular formula is C22H24N2O5. The monoisotopic (exact) mass is 396 g/mol. The fourth-order valence-corrected chi connectivity index (χ4v) is 3.33. The normalized spacial score (nSPS) is 13.7. The van der Waals surface area contributed by atoms with E-state index in [4.69, 9.17) is 4.74 Å². The van der Waals surface area contributed by atoms with Crippen LogP contribution >= 0.6 is 0 Å². The third kappa shape index (κ3) is 5.34. The number of phenolic OH excluding ortho intramolecular Hbond substituents is 1. The van der Waals surface area contributed by atoms with E-state index < -0.39 is 18.5 Å². The molecule has 0 saturated heterocycles. The summed E-state index contributed by atoms with van der Waals surface area (Å²) in [5.41, 5.74) is 1.48. The number of amides is 2. The number of ether oxygens (including phenoxy) is 1. The Morgan fingerprint density at radius 2 is 1.79 bits per heavy atom. The van der Waals surface area contributed by atoms with Gasteiger partial charge >= 0.3 is 5.97 Å². The molecule has 1 aliphatic rings. The fraction of sp³-hybridized carbons (Fsp3) is 0.318. The molecule has 7 heteroatoms. The number of carbonyl (C=O) groups excluding carboxylic acids is 3. The Kier molecular flexibility index (Phi) is 6.49. The number of aromatic hydroxyl groups is 1. The number of anilines is 1. The smallest absolute Gasteiger partial charge is 0.342 e. The topological polar surface area (TPSA) is 105 Å². The largest absolute Gasteiger partial charge is 0.507 e. The van der Waals surface area contributed by atoms with Crippen LogP contribution in [0.3, 0.4) is 0 Å². The standard InChI is InChI=1S/C22H24N2O5/c1-14-10-11-19(25)17(12-14)22(28)29-13-20(26)24-18-9-5-4-8-16(18)21(27)23-15-6-2-3-7-15/h4-5,8-12,15,25H,2-3,6-7,13H2,1H3,(H,23,27)(H,24,26). The minimum absolute atomic E-state index is 0.00542. The van der Waals surface area contributed by atoms with Gasteiger partial charge in [-0.2, -0.15) is 0 Å². The minimum atomic E-state index is -0.798. The van der Waals surface area contributed by atoms with Crippen LogP contribution < -0.4 is 10.6 Å². The van der Waals surface area contributed by atoms with Gasteiger partial charge in [-0.3, -0.25) is 9.59 Å². The van der Waals surface area contributed by atoms with E-state index in [1.807, 2.05) is 0 Å². The first kappa shape index (κ1) is 20.4. The number of aryl methyl sites for hydroxylation is 1. The van der Waals surface area contributed by atoms with Crippen LogP contribution in [0.1, 0.15) is 52.0 Å². The van der Waals surface area contributed by atoms with Crippen molar-refractivity contribution in [2.24, 2.45) is 0 Å². The molecule has 0 spiro atoms. The molecule has 1 aliphatic carbocycles. The van der Waals surface area contributed by atoms with Crippen LogP contribution in [0.25, 0.3) is 0 Å². The first-order valence-corrected chi connectivity index (χ1v) is 9.60. The molecule has 0 bridgehead atoms. The average molecular weight is 396 g/mol. The number of benzene rings is 2. The molecule has 3 rings (SSSR count). The lowest BCUT2D eigenvalue weighted by atomic mass is 10.1. The predicted molar refractivity (Wildman–Crippen MR) is 108 cm³/mol. The minimum Gasteiger partial charge on any atom is -0.507 e. The van der Waals surface area contributed by atoms with E-state index in [0.717, 1.165) is 31.2 Å². The van der Waals surface area contributed by atoms with Gasteiger partial charge < -0.3 is 20.5 Å². The summed E-state index contributed by atoms with van der Waals surface area (Å²) >= 11 is 0. The van der Waals surface area contributed by atoms with Crippen LogP contribution in [-0.4, -0.2) is 35.5 Å². The van der Waals surface area contributed by atoms with Gasteiger partial charge in [0, 0.05) is 6.04 Å². The number of para-hydroxylation sites is 1. The Morgan fingerprint density at radius 1 is 1.07 bits per heavy atom. The highest BCUT2D eigenvalue weighted by Gasteiger charge is 2.20. The predicted octanol–water partition coefficient (Wildman–Crippen LogP) is 3.17. The maximum atomic E-state index is 12.5. The molecule has 1 saturated carbocycles. The Labute approximate surface area is 169 Å². The zero-order valence-corrected chi connectivity index (χ0v) is 16.2. The lowest BCUT2D eigenvalue weighted by Gasteiger charge is -2.15. The quantitative estimate of drug-likeness (QED) is 0.651. The highest BCUT2D eigenvalue weighted by Crippen LogP contribution is 2.21. The first-order chi connectivity index (χ1) is 13.9. The molecule has 152 valence electrons. The Hall–Kier alpha value is -3.35. The summed E-state index contributed by atoms with van der Waals surface area (Å²) in [5.74, 6) is -1.83. The van der Waals surface area contributed by atoms with Crippen molar-refractivity contribution in [1.29, 1.82) is 0 Å². The van der Waals surface area contributed by atoms with Crippen molar-refractivity contribution in [3.05, 3.63) is 59.2 Å². The summed E-state index contributed by atoms with van der Waals surface area (Å²) in [6.45, 7) is 1.24. The molecule has 0 radical (unpaired) electrons. The molecule has 2 aromatic carbocycles. The Bertz CT molecular complexity index is 919. The van der Waals surface area contributed by atoms with Crippen molar-refractivity contribution in [3.63, 3.8) is 0 Å². The molecule has 0 aromatic heterocycles. The van der Waals surface area contributed by atoms with Crippen molar-refractivity contribution < 1.29 is 24.2 Å². The van der Waals surface area contributed by atoms with Gasteiger partial charge in [0.2, 0.25) is 0 Å². The third-order valence-electron chi connectivity index (χ3n) is 4.84. The molecular weight excluding hydrogens is 372 g/mol. The summed E-state index contributed by atoms with van der Waals surface area (Å²) < 4.78 is 4.99. The molecule has 3 N–H and O–H groups in total. The second-order valence-corrected chi connectivity index (χ2v) is 7.15. The number of hydrogen-bond acceptors (Lipinski definition) is 5. The second kappa shape index (κ2) is 9.23. The second-order valence-electron chi connectivity index (χ2n) is 7.15. The maximum absolute atomic E-state index is 12.5. The molecule has 29 heavy (non-hydrogen) atoms. The number of esters is 1. The lowest BCUT2D eigenvalue weighted by molar-refractivity contribution is -0.119. The summed E-state index contributed by atoms with van der Waals surface area (Å²) in [7, 11) is 0. The van der Waals surface area contributed by atoms with Gasteiger partial charge in [-0.05, 0) is 44.0 Å². The first-order valence-electron chi connectivity index (χ1n) is 9.60. The van der Waals surface area contributed by atoms with Crippen LogP contribution in [-0.2, 0) is 9.53 Å². The highest BCUT2D eigenvalue weighted by molar-refractivity contribution is 6.04. The molecule has 0 unspecified atom stereocenters. The van der Waals surface area contributed by atoms with Crippen LogP contribution in [0.5, 0.6) is 5.75 Å².